The van der Waals surface area contributed by atoms with Crippen molar-refractivity contribution in [3.8, 4) is 0 Å². The number of hydrogen-bond donors (Lipinski definition) is 2. The number of rotatable bonds is 4. The fourth-order valence-corrected chi connectivity index (χ4v) is 4.56. The van der Waals surface area contributed by atoms with E-state index in [0.29, 0.717) is 29.6 Å². The second-order valence-electron chi connectivity index (χ2n) is 8.34. The number of nitrogens with zero attached hydrogens (tertiary/aromatic N) is 2. The summed E-state index contributed by atoms with van der Waals surface area (Å²) in [5, 5.41) is 9.77. The van der Waals surface area contributed by atoms with Gasteiger partial charge in [-0.2, -0.15) is 0 Å². The number of carbonyl (C=O) groups excluding carboxylic acids is 3. The topological polar surface area (TPSA) is 111 Å². The summed E-state index contributed by atoms with van der Waals surface area (Å²) in [4.78, 5) is 56.8. The molecule has 162 valence electrons. The van der Waals surface area contributed by atoms with Gasteiger partial charge in [0.15, 0.2) is 0 Å². The maximum atomic E-state index is 13.2. The molecule has 1 saturated carbocycles. The van der Waals surface area contributed by atoms with Crippen molar-refractivity contribution >= 4 is 34.5 Å². The number of amides is 2. The molecule has 1 saturated heterocycles. The number of ketones is 1. The van der Waals surface area contributed by atoms with Crippen LogP contribution in [0.15, 0.2) is 54.7 Å². The van der Waals surface area contributed by atoms with Crippen molar-refractivity contribution in [2.24, 2.45) is 0 Å². The lowest BCUT2D eigenvalue weighted by molar-refractivity contribution is -0.131. The number of nitrogens with one attached hydrogen (secondary N) is 1. The van der Waals surface area contributed by atoms with Gasteiger partial charge in [0.2, 0.25) is 0 Å². The Labute approximate surface area is 183 Å². The van der Waals surface area contributed by atoms with Crippen molar-refractivity contribution in [3.63, 3.8) is 0 Å². The number of aromatic amines is 1. The summed E-state index contributed by atoms with van der Waals surface area (Å²) in [6, 6.07) is 13.6. The summed E-state index contributed by atoms with van der Waals surface area (Å²) >= 11 is 0. The second-order valence-corrected chi connectivity index (χ2v) is 8.34. The van der Waals surface area contributed by atoms with Gasteiger partial charge in [0.25, 0.3) is 17.6 Å². The number of hydrogen-bond acceptors (Lipinski definition) is 4. The van der Waals surface area contributed by atoms with E-state index < -0.39 is 23.2 Å². The van der Waals surface area contributed by atoms with Crippen molar-refractivity contribution in [1.82, 2.24) is 14.8 Å². The molecule has 2 amide bonds. The zero-order valence-electron chi connectivity index (χ0n) is 17.2. The van der Waals surface area contributed by atoms with E-state index in [1.54, 1.807) is 34.1 Å². The quantitative estimate of drug-likeness (QED) is 0.487. The zero-order valence-corrected chi connectivity index (χ0v) is 17.2. The van der Waals surface area contributed by atoms with E-state index in [2.05, 4.69) is 4.98 Å². The number of para-hydroxylation sites is 1. The van der Waals surface area contributed by atoms with E-state index in [9.17, 15) is 24.3 Å². The number of carboxylic acid groups (broad SMARTS) is 1. The normalized spacial score (nSPS) is 16.9. The first-order chi connectivity index (χ1) is 15.4. The standard InChI is InChI=1S/C24H21N3O5/c28-20(18-13-25-19-16(18)7-4-8-17(19)23(31)32)22(30)27-12-11-26(14-24(27)9-10-24)21(29)15-5-2-1-3-6-15/h1-8,13,25H,9-12,14H2,(H,31,32). The number of benzene rings is 2. The molecule has 1 aliphatic carbocycles. The Balaban J connectivity index is 1.37. The lowest BCUT2D eigenvalue weighted by Gasteiger charge is -2.41. The highest BCUT2D eigenvalue weighted by Crippen LogP contribution is 2.45. The van der Waals surface area contributed by atoms with Gasteiger partial charge < -0.3 is 19.9 Å². The number of Topliss-reactive ketones (excluding diaryl/α,β-unsaturated/α-hetero) is 1. The van der Waals surface area contributed by atoms with E-state index in [4.69, 9.17) is 0 Å². The number of piperazine rings is 1. The van der Waals surface area contributed by atoms with Gasteiger partial charge in [0, 0.05) is 36.8 Å². The van der Waals surface area contributed by atoms with E-state index >= 15 is 0 Å². The molecule has 2 fully saturated rings. The molecule has 8 heteroatoms. The van der Waals surface area contributed by atoms with Gasteiger partial charge in [-0.1, -0.05) is 30.3 Å². The number of carboxylic acids is 1. The molecule has 2 aliphatic rings. The molecule has 2 aromatic carbocycles. The summed E-state index contributed by atoms with van der Waals surface area (Å²) in [6.45, 7) is 1.04. The number of fused-ring (bicyclic) bond motifs is 1. The first kappa shape index (κ1) is 20.0. The van der Waals surface area contributed by atoms with Crippen LogP contribution in [-0.2, 0) is 4.79 Å². The third kappa shape index (κ3) is 3.15. The molecular formula is C24H21N3O5. The van der Waals surface area contributed by atoms with Crippen LogP contribution < -0.4 is 0 Å². The van der Waals surface area contributed by atoms with Gasteiger partial charge in [-0.3, -0.25) is 14.4 Å². The third-order valence-corrected chi connectivity index (χ3v) is 6.42. The van der Waals surface area contributed by atoms with Gasteiger partial charge in [-0.05, 0) is 31.0 Å². The number of carbonyl (C=O) groups is 4. The van der Waals surface area contributed by atoms with Crippen LogP contribution >= 0.6 is 0 Å². The Morgan fingerprint density at radius 1 is 0.906 bits per heavy atom. The van der Waals surface area contributed by atoms with Gasteiger partial charge in [-0.25, -0.2) is 4.79 Å². The predicted octanol–water partition coefficient (Wildman–Crippen LogP) is 2.57. The molecule has 2 heterocycles. The molecule has 1 aromatic heterocycles. The summed E-state index contributed by atoms with van der Waals surface area (Å²) in [5.74, 6) is -2.48. The van der Waals surface area contributed by atoms with Gasteiger partial charge in [0.1, 0.15) is 0 Å². The highest BCUT2D eigenvalue weighted by molar-refractivity contribution is 6.45. The van der Waals surface area contributed by atoms with Crippen molar-refractivity contribution in [3.05, 3.63) is 71.4 Å². The van der Waals surface area contributed by atoms with Crippen molar-refractivity contribution in [2.75, 3.05) is 19.6 Å². The summed E-state index contributed by atoms with van der Waals surface area (Å²) < 4.78 is 0. The van der Waals surface area contributed by atoms with Crippen molar-refractivity contribution in [2.45, 2.75) is 18.4 Å². The van der Waals surface area contributed by atoms with E-state index in [1.807, 2.05) is 18.2 Å². The Kier molecular flexibility index (Phi) is 4.58. The average Bonchev–Trinajstić information content (AvgIpc) is 3.43. The van der Waals surface area contributed by atoms with Gasteiger partial charge in [0.05, 0.1) is 22.2 Å². The van der Waals surface area contributed by atoms with Crippen molar-refractivity contribution in [1.29, 1.82) is 0 Å². The molecule has 3 aromatic rings. The molecule has 2 N–H and O–H groups in total. The first-order valence-electron chi connectivity index (χ1n) is 10.5. The van der Waals surface area contributed by atoms with Crippen LogP contribution in [0.4, 0.5) is 0 Å². The minimum atomic E-state index is -1.11. The maximum Gasteiger partial charge on any atom is 0.337 e. The molecule has 1 spiro atoms. The SMILES string of the molecule is O=C(C(=O)N1CCN(C(=O)c2ccccc2)CC12CC2)c1c[nH]c2c(C(=O)O)cccc12. The lowest BCUT2D eigenvalue weighted by atomic mass is 10.0. The van der Waals surface area contributed by atoms with Crippen LogP contribution in [0.1, 0.15) is 43.9 Å². The van der Waals surface area contributed by atoms with Crippen LogP contribution in [0.5, 0.6) is 0 Å². The van der Waals surface area contributed by atoms with Gasteiger partial charge in [-0.15, -0.1) is 0 Å². The smallest absolute Gasteiger partial charge is 0.337 e. The molecule has 0 atom stereocenters. The number of H-pyrrole nitrogens is 1. The average molecular weight is 431 g/mol. The molecule has 1 aliphatic heterocycles. The minimum absolute atomic E-state index is 0.0423. The molecule has 32 heavy (non-hydrogen) atoms. The first-order valence-corrected chi connectivity index (χ1v) is 10.5. The summed E-state index contributed by atoms with van der Waals surface area (Å²) in [6.07, 6.45) is 2.87. The van der Waals surface area contributed by atoms with E-state index in [1.165, 1.54) is 12.3 Å². The summed E-state index contributed by atoms with van der Waals surface area (Å²) in [5.41, 5.74) is 0.614. The predicted molar refractivity (Wildman–Crippen MR) is 116 cm³/mol. The Morgan fingerprint density at radius 3 is 2.34 bits per heavy atom. The second kappa shape index (κ2) is 7.33. The van der Waals surface area contributed by atoms with Crippen LogP contribution in [0.3, 0.4) is 0 Å². The highest BCUT2D eigenvalue weighted by Gasteiger charge is 2.55. The fraction of sp³-hybridized carbons (Fsp3) is 0.250. The Hall–Kier alpha value is -3.94. The van der Waals surface area contributed by atoms with E-state index in [0.717, 1.165) is 12.8 Å². The maximum absolute atomic E-state index is 13.2. The molecule has 0 bridgehead atoms. The van der Waals surface area contributed by atoms with Crippen LogP contribution in [-0.4, -0.2) is 68.6 Å². The minimum Gasteiger partial charge on any atom is -0.478 e. The van der Waals surface area contributed by atoms with Crippen molar-refractivity contribution < 1.29 is 24.3 Å². The number of aromatic carboxylic acids is 1. The third-order valence-electron chi connectivity index (χ3n) is 6.42. The summed E-state index contributed by atoms with van der Waals surface area (Å²) in [7, 11) is 0. The Morgan fingerprint density at radius 2 is 1.66 bits per heavy atom. The largest absolute Gasteiger partial charge is 0.478 e. The molecular weight excluding hydrogens is 410 g/mol. The fourth-order valence-electron chi connectivity index (χ4n) is 4.56. The van der Waals surface area contributed by atoms with Crippen LogP contribution in [0.25, 0.3) is 10.9 Å². The van der Waals surface area contributed by atoms with Gasteiger partial charge >= 0.3 is 5.97 Å². The monoisotopic (exact) mass is 431 g/mol. The molecule has 0 radical (unpaired) electrons. The van der Waals surface area contributed by atoms with Crippen LogP contribution in [0, 0.1) is 0 Å². The lowest BCUT2D eigenvalue weighted by Crippen LogP contribution is -2.59. The van der Waals surface area contributed by atoms with E-state index in [-0.39, 0.29) is 23.6 Å². The molecule has 0 unspecified atom stereocenters. The zero-order chi connectivity index (χ0) is 22.5. The van der Waals surface area contributed by atoms with Crippen LogP contribution in [0.2, 0.25) is 0 Å². The Bertz CT molecular complexity index is 1260. The highest BCUT2D eigenvalue weighted by atomic mass is 16.4. The number of aromatic nitrogens is 1. The molecule has 5 rings (SSSR count). The molecule has 8 nitrogen and oxygen atoms in total.